The summed E-state index contributed by atoms with van der Waals surface area (Å²) in [4.78, 5) is 0. The molecule has 3 fully saturated rings. The highest BCUT2D eigenvalue weighted by molar-refractivity contribution is 5.10. The summed E-state index contributed by atoms with van der Waals surface area (Å²) in [6, 6.07) is 0. The Balaban J connectivity index is 1.74. The third-order valence-electron chi connectivity index (χ3n) is 3.93. The molecule has 2 atom stereocenters. The Morgan fingerprint density at radius 3 is 2.55 bits per heavy atom. The Kier molecular flexibility index (Phi) is 1.18. The van der Waals surface area contributed by atoms with Gasteiger partial charge in [0, 0.05) is 0 Å². The van der Waals surface area contributed by atoms with Gasteiger partial charge in [-0.05, 0) is 31.6 Å². The van der Waals surface area contributed by atoms with Crippen LogP contribution in [0.15, 0.2) is 0 Å². The van der Waals surface area contributed by atoms with Crippen LogP contribution >= 0.6 is 0 Å². The van der Waals surface area contributed by atoms with E-state index in [4.69, 9.17) is 4.74 Å². The Hall–Kier alpha value is -0.0400. The third-order valence-corrected chi connectivity index (χ3v) is 3.93. The molecule has 0 amide bonds. The highest BCUT2D eigenvalue weighted by atomic mass is 16.6. The van der Waals surface area contributed by atoms with Crippen LogP contribution in [0.2, 0.25) is 0 Å². The number of hydrogen-bond acceptors (Lipinski definition) is 1. The van der Waals surface area contributed by atoms with Gasteiger partial charge in [0.1, 0.15) is 0 Å². The molecular formula is C10H16O. The molecule has 0 aromatic heterocycles. The summed E-state index contributed by atoms with van der Waals surface area (Å²) >= 11 is 0. The second-order valence-corrected chi connectivity index (χ2v) is 4.44. The summed E-state index contributed by atoms with van der Waals surface area (Å²) in [5.41, 5.74) is 0.441. The lowest BCUT2D eigenvalue weighted by atomic mass is 9.70. The molecule has 0 bridgehead atoms. The maximum atomic E-state index is 5.87. The van der Waals surface area contributed by atoms with Crippen LogP contribution in [0.5, 0.6) is 0 Å². The van der Waals surface area contributed by atoms with E-state index in [0.717, 1.165) is 5.92 Å². The Morgan fingerprint density at radius 1 is 1.00 bits per heavy atom. The molecule has 1 heterocycles. The van der Waals surface area contributed by atoms with Crippen LogP contribution in [0.4, 0.5) is 0 Å². The summed E-state index contributed by atoms with van der Waals surface area (Å²) in [7, 11) is 0. The van der Waals surface area contributed by atoms with Crippen molar-refractivity contribution in [2.24, 2.45) is 5.92 Å². The number of ether oxygens (including phenoxy) is 1. The highest BCUT2D eigenvalue weighted by Gasteiger charge is 2.62. The molecule has 0 aromatic rings. The number of hydrogen-bond donors (Lipinski definition) is 0. The standard InChI is InChI=1S/C10H16O/c1-2-7-10(8-4-3-5-8)9(6-1)11-10/h8-9H,1-7H2. The fourth-order valence-corrected chi connectivity index (χ4v) is 2.95. The van der Waals surface area contributed by atoms with Gasteiger partial charge in [0.25, 0.3) is 0 Å². The van der Waals surface area contributed by atoms with Crippen LogP contribution in [0.1, 0.15) is 44.9 Å². The quantitative estimate of drug-likeness (QED) is 0.526. The minimum absolute atomic E-state index is 0.441. The van der Waals surface area contributed by atoms with E-state index in [-0.39, 0.29) is 0 Å². The smallest absolute Gasteiger partial charge is 0.0976 e. The average Bonchev–Trinajstić information content (AvgIpc) is 2.57. The molecule has 3 aliphatic rings. The van der Waals surface area contributed by atoms with Gasteiger partial charge in [-0.1, -0.05) is 19.3 Å². The Bertz CT molecular complexity index is 174. The van der Waals surface area contributed by atoms with E-state index in [1.54, 1.807) is 0 Å². The normalized spacial score (nSPS) is 49.6. The van der Waals surface area contributed by atoms with Gasteiger partial charge >= 0.3 is 0 Å². The summed E-state index contributed by atoms with van der Waals surface area (Å²) in [6.45, 7) is 0. The van der Waals surface area contributed by atoms with Crippen LogP contribution in [0.25, 0.3) is 0 Å². The highest BCUT2D eigenvalue weighted by Crippen LogP contribution is 2.57. The summed E-state index contributed by atoms with van der Waals surface area (Å²) in [5.74, 6) is 0.966. The van der Waals surface area contributed by atoms with Crippen molar-refractivity contribution in [2.45, 2.75) is 56.7 Å². The van der Waals surface area contributed by atoms with Gasteiger partial charge in [-0.25, -0.2) is 0 Å². The van der Waals surface area contributed by atoms with Crippen LogP contribution in [0, 0.1) is 5.92 Å². The average molecular weight is 152 g/mol. The second-order valence-electron chi connectivity index (χ2n) is 4.44. The predicted molar refractivity (Wildman–Crippen MR) is 43.4 cm³/mol. The summed E-state index contributed by atoms with van der Waals surface area (Å²) in [6.07, 6.45) is 10.6. The fraction of sp³-hybridized carbons (Fsp3) is 1.00. The molecule has 1 saturated heterocycles. The van der Waals surface area contributed by atoms with Gasteiger partial charge < -0.3 is 4.74 Å². The van der Waals surface area contributed by atoms with Crippen molar-refractivity contribution in [3.8, 4) is 0 Å². The first-order valence-electron chi connectivity index (χ1n) is 5.10. The van der Waals surface area contributed by atoms with E-state index in [1.165, 1.54) is 44.9 Å². The summed E-state index contributed by atoms with van der Waals surface area (Å²) in [5, 5.41) is 0. The molecule has 0 N–H and O–H groups in total. The van der Waals surface area contributed by atoms with Gasteiger partial charge in [0.15, 0.2) is 0 Å². The van der Waals surface area contributed by atoms with Crippen LogP contribution in [-0.2, 0) is 4.74 Å². The van der Waals surface area contributed by atoms with E-state index in [9.17, 15) is 0 Å². The molecule has 62 valence electrons. The maximum Gasteiger partial charge on any atom is 0.0976 e. The van der Waals surface area contributed by atoms with E-state index in [1.807, 2.05) is 0 Å². The van der Waals surface area contributed by atoms with Crippen molar-refractivity contribution >= 4 is 0 Å². The zero-order valence-corrected chi connectivity index (χ0v) is 7.01. The largest absolute Gasteiger partial charge is 0.366 e. The zero-order valence-electron chi connectivity index (χ0n) is 7.01. The molecule has 11 heavy (non-hydrogen) atoms. The summed E-state index contributed by atoms with van der Waals surface area (Å²) < 4.78 is 5.87. The van der Waals surface area contributed by atoms with Crippen LogP contribution < -0.4 is 0 Å². The van der Waals surface area contributed by atoms with Crippen molar-refractivity contribution in [3.05, 3.63) is 0 Å². The molecule has 2 unspecified atom stereocenters. The van der Waals surface area contributed by atoms with Crippen LogP contribution in [-0.4, -0.2) is 11.7 Å². The maximum absolute atomic E-state index is 5.87. The molecule has 3 rings (SSSR count). The van der Waals surface area contributed by atoms with Gasteiger partial charge in [-0.15, -0.1) is 0 Å². The van der Waals surface area contributed by atoms with Crippen molar-refractivity contribution in [3.63, 3.8) is 0 Å². The molecular weight excluding hydrogens is 136 g/mol. The lowest BCUT2D eigenvalue weighted by Gasteiger charge is -2.33. The van der Waals surface area contributed by atoms with E-state index in [0.29, 0.717) is 11.7 Å². The topological polar surface area (TPSA) is 12.5 Å². The van der Waals surface area contributed by atoms with Gasteiger partial charge in [0.2, 0.25) is 0 Å². The molecule has 2 saturated carbocycles. The van der Waals surface area contributed by atoms with Crippen molar-refractivity contribution in [1.29, 1.82) is 0 Å². The lowest BCUT2D eigenvalue weighted by molar-refractivity contribution is 0.132. The first-order valence-corrected chi connectivity index (χ1v) is 5.10. The Morgan fingerprint density at radius 2 is 1.91 bits per heavy atom. The lowest BCUT2D eigenvalue weighted by Crippen LogP contribution is -2.34. The van der Waals surface area contributed by atoms with E-state index in [2.05, 4.69) is 0 Å². The van der Waals surface area contributed by atoms with Crippen molar-refractivity contribution in [1.82, 2.24) is 0 Å². The van der Waals surface area contributed by atoms with Gasteiger partial charge in [-0.2, -0.15) is 0 Å². The van der Waals surface area contributed by atoms with E-state index >= 15 is 0 Å². The SMILES string of the molecule is C1CC(C23CCCCC2O3)C1. The van der Waals surface area contributed by atoms with Crippen molar-refractivity contribution in [2.75, 3.05) is 0 Å². The van der Waals surface area contributed by atoms with E-state index < -0.39 is 0 Å². The van der Waals surface area contributed by atoms with Gasteiger partial charge in [0.05, 0.1) is 11.7 Å². The zero-order chi connectivity index (χ0) is 7.31. The second kappa shape index (κ2) is 2.01. The molecule has 1 aliphatic heterocycles. The van der Waals surface area contributed by atoms with Crippen molar-refractivity contribution < 1.29 is 4.74 Å². The predicted octanol–water partition coefficient (Wildman–Crippen LogP) is 2.50. The molecule has 2 aliphatic carbocycles. The molecule has 1 heteroatoms. The Labute approximate surface area is 68.1 Å². The number of fused-ring (bicyclic) bond motifs is 1. The molecule has 0 spiro atoms. The van der Waals surface area contributed by atoms with Crippen LogP contribution in [0.3, 0.4) is 0 Å². The molecule has 1 nitrogen and oxygen atoms in total. The third kappa shape index (κ3) is 0.752. The number of rotatable bonds is 1. The first kappa shape index (κ1) is 6.47. The minimum Gasteiger partial charge on any atom is -0.366 e. The monoisotopic (exact) mass is 152 g/mol. The molecule has 0 radical (unpaired) electrons. The number of epoxide rings is 1. The first-order chi connectivity index (χ1) is 5.42. The fourth-order valence-electron chi connectivity index (χ4n) is 2.95. The minimum atomic E-state index is 0.441. The van der Waals surface area contributed by atoms with Gasteiger partial charge in [-0.3, -0.25) is 0 Å². The molecule has 0 aromatic carbocycles.